The van der Waals surface area contributed by atoms with Crippen LogP contribution < -0.4 is 20.1 Å². The van der Waals surface area contributed by atoms with E-state index in [4.69, 9.17) is 4.74 Å². The van der Waals surface area contributed by atoms with Gasteiger partial charge in [-0.3, -0.25) is 14.3 Å². The summed E-state index contributed by atoms with van der Waals surface area (Å²) in [6.45, 7) is 5.67. The summed E-state index contributed by atoms with van der Waals surface area (Å²) in [6, 6.07) is 5.40. The van der Waals surface area contributed by atoms with Crippen LogP contribution in [0.25, 0.3) is 11.1 Å². The van der Waals surface area contributed by atoms with Crippen molar-refractivity contribution in [3.63, 3.8) is 0 Å². The molecule has 40 heavy (non-hydrogen) atoms. The molecule has 10 nitrogen and oxygen atoms in total. The number of methoxy groups -OCH3 is 1. The molecule has 1 atom stereocenters. The van der Waals surface area contributed by atoms with Gasteiger partial charge in [0.15, 0.2) is 5.75 Å². The van der Waals surface area contributed by atoms with E-state index in [1.54, 1.807) is 29.9 Å². The van der Waals surface area contributed by atoms with E-state index in [1.807, 2.05) is 13.8 Å². The van der Waals surface area contributed by atoms with Gasteiger partial charge in [-0.05, 0) is 75.5 Å². The number of hydrogen-bond donors (Lipinski definition) is 2. The monoisotopic (exact) mass is 550 g/mol. The first-order valence-electron chi connectivity index (χ1n) is 13.8. The summed E-state index contributed by atoms with van der Waals surface area (Å²) < 4.78 is 22.8. The molecule has 3 heterocycles. The first kappa shape index (κ1) is 27.5. The van der Waals surface area contributed by atoms with Crippen molar-refractivity contribution in [3.8, 4) is 16.9 Å². The number of anilines is 1. The molecule has 0 saturated heterocycles. The Morgan fingerprint density at radius 3 is 2.45 bits per heavy atom. The number of nitrogens with one attached hydrogen (secondary N) is 2. The number of carbonyl (C=O) groups is 2. The lowest BCUT2D eigenvalue weighted by molar-refractivity contribution is -0.613. The van der Waals surface area contributed by atoms with E-state index in [9.17, 15) is 14.8 Å². The zero-order chi connectivity index (χ0) is 28.6. The second-order valence-corrected chi connectivity index (χ2v) is 10.9. The largest absolute Gasteiger partial charge is 0.618 e. The predicted molar refractivity (Wildman–Crippen MR) is 146 cm³/mol. The van der Waals surface area contributed by atoms with Crippen LogP contribution in [0.3, 0.4) is 0 Å². The fourth-order valence-electron chi connectivity index (χ4n) is 5.52. The summed E-state index contributed by atoms with van der Waals surface area (Å²) >= 11 is 0. The molecule has 2 aliphatic rings. The highest BCUT2D eigenvalue weighted by Crippen LogP contribution is 2.51. The van der Waals surface area contributed by atoms with Gasteiger partial charge < -0.3 is 20.6 Å². The maximum atomic E-state index is 15.3. The summed E-state index contributed by atoms with van der Waals surface area (Å²) in [5, 5.41) is 22.4. The second-order valence-electron chi connectivity index (χ2n) is 10.9. The van der Waals surface area contributed by atoms with Crippen molar-refractivity contribution in [2.24, 2.45) is 17.8 Å². The lowest BCUT2D eigenvalue weighted by atomic mass is 9.88. The third-order valence-electron chi connectivity index (χ3n) is 7.75. The van der Waals surface area contributed by atoms with E-state index < -0.39 is 17.9 Å². The van der Waals surface area contributed by atoms with Gasteiger partial charge in [-0.15, -0.1) is 0 Å². The highest BCUT2D eigenvalue weighted by atomic mass is 19.1. The van der Waals surface area contributed by atoms with Crippen LogP contribution in [0.5, 0.6) is 5.75 Å². The van der Waals surface area contributed by atoms with Crippen LogP contribution >= 0.6 is 0 Å². The summed E-state index contributed by atoms with van der Waals surface area (Å²) in [5.74, 6) is -0.580. The molecule has 2 saturated carbocycles. The van der Waals surface area contributed by atoms with E-state index in [0.717, 1.165) is 25.7 Å². The van der Waals surface area contributed by atoms with Crippen molar-refractivity contribution >= 4 is 17.6 Å². The molecule has 3 aromatic rings. The molecule has 0 bridgehead atoms. The third kappa shape index (κ3) is 5.64. The molecule has 2 fully saturated rings. The van der Waals surface area contributed by atoms with Crippen LogP contribution in [0.2, 0.25) is 0 Å². The van der Waals surface area contributed by atoms with Gasteiger partial charge in [-0.1, -0.05) is 6.92 Å². The van der Waals surface area contributed by atoms with Crippen LogP contribution in [-0.2, 0) is 11.2 Å². The molecule has 0 aromatic carbocycles. The molecular formula is C29H35FN6O4. The molecule has 0 radical (unpaired) electrons. The van der Waals surface area contributed by atoms with Gasteiger partial charge in [0.2, 0.25) is 23.7 Å². The Kier molecular flexibility index (Phi) is 7.73. The van der Waals surface area contributed by atoms with Crippen LogP contribution in [-0.4, -0.2) is 39.7 Å². The molecule has 11 heteroatoms. The average molecular weight is 551 g/mol. The molecule has 0 unspecified atom stereocenters. The zero-order valence-corrected chi connectivity index (χ0v) is 23.2. The summed E-state index contributed by atoms with van der Waals surface area (Å²) in [7, 11) is 1.43. The van der Waals surface area contributed by atoms with Gasteiger partial charge in [-0.2, -0.15) is 14.2 Å². The quantitative estimate of drug-likeness (QED) is 0.211. The number of amides is 2. The number of carbonyl (C=O) groups excluding carboxylic acids is 2. The highest BCUT2D eigenvalue weighted by Gasteiger charge is 2.48. The van der Waals surface area contributed by atoms with Crippen molar-refractivity contribution in [2.45, 2.75) is 65.0 Å². The lowest BCUT2D eigenvalue weighted by Crippen LogP contribution is -2.50. The van der Waals surface area contributed by atoms with E-state index in [0.29, 0.717) is 45.7 Å². The van der Waals surface area contributed by atoms with Crippen LogP contribution in [0.1, 0.15) is 68.7 Å². The Bertz CT molecular complexity index is 1400. The van der Waals surface area contributed by atoms with Crippen LogP contribution in [0.4, 0.5) is 10.2 Å². The Labute approximate surface area is 232 Å². The standard InChI is InChI=1S/C29H35FN6O4/c1-5-22-21(14-19(40-4)15-35(22)39)20-10-11-24(32-27(20)30)33-29(38)26(25(17-6-7-17)18-8-9-18)34-28(37)23-12-13-31-36(23)16(2)3/h10-18,25-26H,5-9H2,1-4H3,(H,34,37)(H,32,33,38)/t26-/m0/s1. The van der Waals surface area contributed by atoms with Gasteiger partial charge in [-0.25, -0.2) is 4.98 Å². The molecular weight excluding hydrogens is 515 g/mol. The average Bonchev–Trinajstić information content (AvgIpc) is 3.87. The number of nitrogens with zero attached hydrogens (tertiary/aromatic N) is 4. The normalized spacial score (nSPS) is 15.8. The Hall–Kier alpha value is -4.02. The molecule has 2 N–H and O–H groups in total. The number of halogens is 1. The maximum Gasteiger partial charge on any atom is 0.270 e. The maximum absolute atomic E-state index is 15.3. The summed E-state index contributed by atoms with van der Waals surface area (Å²) in [6.07, 6.45) is 7.32. The summed E-state index contributed by atoms with van der Waals surface area (Å²) in [4.78, 5) is 31.0. The molecule has 212 valence electrons. The lowest BCUT2D eigenvalue weighted by Gasteiger charge is -2.27. The minimum Gasteiger partial charge on any atom is -0.618 e. The smallest absolute Gasteiger partial charge is 0.270 e. The molecule has 0 aliphatic heterocycles. The van der Waals surface area contributed by atoms with Crippen LogP contribution in [0, 0.1) is 28.9 Å². The van der Waals surface area contributed by atoms with Gasteiger partial charge in [0.25, 0.3) is 5.91 Å². The topological polar surface area (TPSA) is 125 Å². The van der Waals surface area contributed by atoms with E-state index in [2.05, 4.69) is 20.7 Å². The number of aromatic nitrogens is 4. The molecule has 5 rings (SSSR count). The molecule has 2 aliphatic carbocycles. The Morgan fingerprint density at radius 1 is 1.18 bits per heavy atom. The highest BCUT2D eigenvalue weighted by molar-refractivity contribution is 6.00. The van der Waals surface area contributed by atoms with Crippen molar-refractivity contribution in [3.05, 3.63) is 59.2 Å². The number of hydrogen-bond acceptors (Lipinski definition) is 6. The van der Waals surface area contributed by atoms with Crippen molar-refractivity contribution in [1.29, 1.82) is 0 Å². The first-order valence-corrected chi connectivity index (χ1v) is 13.8. The second kappa shape index (κ2) is 11.2. The van der Waals surface area contributed by atoms with Crippen molar-refractivity contribution in [2.75, 3.05) is 12.4 Å². The van der Waals surface area contributed by atoms with Crippen molar-refractivity contribution < 1.29 is 23.4 Å². The minimum absolute atomic E-state index is 0.000104. The summed E-state index contributed by atoms with van der Waals surface area (Å²) in [5.41, 5.74) is 1.25. The van der Waals surface area contributed by atoms with Gasteiger partial charge in [0.05, 0.1) is 12.7 Å². The number of ether oxygens (including phenoxy) is 1. The van der Waals surface area contributed by atoms with Gasteiger partial charge in [0.1, 0.15) is 17.6 Å². The van der Waals surface area contributed by atoms with Gasteiger partial charge >= 0.3 is 0 Å². The fourth-order valence-corrected chi connectivity index (χ4v) is 5.52. The van der Waals surface area contributed by atoms with E-state index >= 15 is 4.39 Å². The first-order chi connectivity index (χ1) is 19.2. The predicted octanol–water partition coefficient (Wildman–Crippen LogP) is 4.04. The Balaban J connectivity index is 1.41. The molecule has 0 spiro atoms. The number of rotatable bonds is 11. The molecule has 3 aromatic heterocycles. The van der Waals surface area contributed by atoms with Gasteiger partial charge in [0, 0.05) is 30.3 Å². The molecule has 2 amide bonds. The third-order valence-corrected chi connectivity index (χ3v) is 7.75. The van der Waals surface area contributed by atoms with E-state index in [-0.39, 0.29) is 29.2 Å². The van der Waals surface area contributed by atoms with E-state index in [1.165, 1.54) is 25.4 Å². The van der Waals surface area contributed by atoms with Crippen molar-refractivity contribution in [1.82, 2.24) is 20.1 Å². The fraction of sp³-hybridized carbons (Fsp3) is 0.483. The van der Waals surface area contributed by atoms with Crippen LogP contribution in [0.15, 0.2) is 36.7 Å². The number of pyridine rings is 2. The minimum atomic E-state index is -0.830. The Morgan fingerprint density at radius 2 is 1.88 bits per heavy atom. The SMILES string of the molecule is CCc1c(-c2ccc(NC(=O)[C@@H](NC(=O)c3ccnn3C(C)C)C(C3CC3)C3CC3)nc2F)cc(OC)c[n+]1[O-]. The zero-order valence-electron chi connectivity index (χ0n) is 23.2.